The standard InChI is InChI=1S/C18H19N3OS2/c1-21(2)15(13-7-4-3-5-8-13)11-19-17(22)14-12-24-18(20-14)16-9-6-10-23-16/h3-10,12,15H,11H2,1-2H3,(H,19,22). The molecule has 1 N–H and O–H groups in total. The number of nitrogens with one attached hydrogen (secondary N) is 1. The fourth-order valence-electron chi connectivity index (χ4n) is 2.45. The largest absolute Gasteiger partial charge is 0.349 e. The summed E-state index contributed by atoms with van der Waals surface area (Å²) < 4.78 is 0. The lowest BCUT2D eigenvalue weighted by molar-refractivity contribution is 0.0937. The van der Waals surface area contributed by atoms with E-state index in [-0.39, 0.29) is 11.9 Å². The Morgan fingerprint density at radius 1 is 1.17 bits per heavy atom. The van der Waals surface area contributed by atoms with Crippen molar-refractivity contribution in [2.75, 3.05) is 20.6 Å². The third-order valence-corrected chi connectivity index (χ3v) is 5.61. The van der Waals surface area contributed by atoms with Crippen molar-refractivity contribution < 1.29 is 4.79 Å². The van der Waals surface area contributed by atoms with Gasteiger partial charge in [0.15, 0.2) is 0 Å². The summed E-state index contributed by atoms with van der Waals surface area (Å²) in [6.07, 6.45) is 0. The average Bonchev–Trinajstić information content (AvgIpc) is 3.27. The number of rotatable bonds is 6. The van der Waals surface area contributed by atoms with E-state index in [1.165, 1.54) is 16.9 Å². The number of benzene rings is 1. The molecule has 0 saturated heterocycles. The molecule has 1 atom stereocenters. The molecule has 24 heavy (non-hydrogen) atoms. The van der Waals surface area contributed by atoms with Crippen LogP contribution in [0.25, 0.3) is 9.88 Å². The van der Waals surface area contributed by atoms with Gasteiger partial charge in [-0.2, -0.15) is 0 Å². The van der Waals surface area contributed by atoms with Crippen LogP contribution in [0.1, 0.15) is 22.1 Å². The summed E-state index contributed by atoms with van der Waals surface area (Å²) in [5, 5.41) is 7.72. The average molecular weight is 358 g/mol. The second-order valence-electron chi connectivity index (χ2n) is 5.62. The Hall–Kier alpha value is -2.02. The molecule has 1 unspecified atom stereocenters. The van der Waals surface area contributed by atoms with E-state index in [9.17, 15) is 4.79 Å². The molecule has 0 radical (unpaired) electrons. The maximum Gasteiger partial charge on any atom is 0.270 e. The van der Waals surface area contributed by atoms with Crippen molar-refractivity contribution in [3.05, 3.63) is 64.5 Å². The molecule has 0 spiro atoms. The van der Waals surface area contributed by atoms with Crippen LogP contribution >= 0.6 is 22.7 Å². The van der Waals surface area contributed by atoms with E-state index in [0.717, 1.165) is 9.88 Å². The number of carbonyl (C=O) groups is 1. The second-order valence-corrected chi connectivity index (χ2v) is 7.42. The Morgan fingerprint density at radius 3 is 2.62 bits per heavy atom. The number of thiazole rings is 1. The van der Waals surface area contributed by atoms with E-state index in [1.807, 2.05) is 55.2 Å². The molecule has 124 valence electrons. The summed E-state index contributed by atoms with van der Waals surface area (Å²) in [6.45, 7) is 0.543. The van der Waals surface area contributed by atoms with Gasteiger partial charge in [0.1, 0.15) is 10.7 Å². The molecule has 1 amide bonds. The molecule has 0 aliphatic rings. The first-order valence-corrected chi connectivity index (χ1v) is 9.40. The van der Waals surface area contributed by atoms with Crippen LogP contribution in [0.5, 0.6) is 0 Å². The topological polar surface area (TPSA) is 45.2 Å². The van der Waals surface area contributed by atoms with Crippen molar-refractivity contribution in [1.29, 1.82) is 0 Å². The molecule has 0 fully saturated rings. The van der Waals surface area contributed by atoms with Crippen LogP contribution in [0.2, 0.25) is 0 Å². The van der Waals surface area contributed by atoms with E-state index in [4.69, 9.17) is 0 Å². The SMILES string of the molecule is CN(C)C(CNC(=O)c1csc(-c2cccs2)n1)c1ccccc1. The number of nitrogens with zero attached hydrogens (tertiary/aromatic N) is 2. The molecule has 0 aliphatic carbocycles. The molecule has 4 nitrogen and oxygen atoms in total. The molecular weight excluding hydrogens is 338 g/mol. The van der Waals surface area contributed by atoms with Crippen molar-refractivity contribution in [2.24, 2.45) is 0 Å². The van der Waals surface area contributed by atoms with E-state index in [2.05, 4.69) is 27.3 Å². The minimum absolute atomic E-state index is 0.128. The molecule has 3 aromatic rings. The Balaban J connectivity index is 1.66. The maximum absolute atomic E-state index is 12.4. The highest BCUT2D eigenvalue weighted by molar-refractivity contribution is 7.20. The van der Waals surface area contributed by atoms with Crippen molar-refractivity contribution >= 4 is 28.6 Å². The van der Waals surface area contributed by atoms with Crippen molar-refractivity contribution in [2.45, 2.75) is 6.04 Å². The van der Waals surface area contributed by atoms with E-state index in [1.54, 1.807) is 11.3 Å². The van der Waals surface area contributed by atoms with Crippen molar-refractivity contribution in [3.8, 4) is 9.88 Å². The van der Waals surface area contributed by atoms with Crippen LogP contribution in [0.4, 0.5) is 0 Å². The highest BCUT2D eigenvalue weighted by Crippen LogP contribution is 2.27. The number of hydrogen-bond acceptors (Lipinski definition) is 5. The minimum atomic E-state index is -0.128. The molecule has 0 bridgehead atoms. The zero-order valence-electron chi connectivity index (χ0n) is 13.6. The summed E-state index contributed by atoms with van der Waals surface area (Å²) >= 11 is 3.13. The van der Waals surface area contributed by atoms with Gasteiger partial charge in [-0.05, 0) is 31.1 Å². The normalized spacial score (nSPS) is 12.3. The molecule has 1 aromatic carbocycles. The Labute approximate surface area is 149 Å². The molecule has 0 saturated carbocycles. The van der Waals surface area contributed by atoms with Gasteiger partial charge in [-0.3, -0.25) is 4.79 Å². The third-order valence-electron chi connectivity index (χ3n) is 3.73. The first-order valence-electron chi connectivity index (χ1n) is 7.64. The fourth-order valence-corrected chi connectivity index (χ4v) is 4.06. The van der Waals surface area contributed by atoms with Crippen LogP contribution in [0, 0.1) is 0 Å². The molecule has 6 heteroatoms. The second kappa shape index (κ2) is 7.70. The van der Waals surface area contributed by atoms with Gasteiger partial charge in [0.05, 0.1) is 10.9 Å². The number of amides is 1. The first-order chi connectivity index (χ1) is 11.6. The Kier molecular flexibility index (Phi) is 5.40. The smallest absolute Gasteiger partial charge is 0.270 e. The lowest BCUT2D eigenvalue weighted by Gasteiger charge is -2.24. The van der Waals surface area contributed by atoms with Crippen LogP contribution in [-0.2, 0) is 0 Å². The predicted octanol–water partition coefficient (Wildman–Crippen LogP) is 3.90. The molecule has 2 heterocycles. The van der Waals surface area contributed by atoms with Gasteiger partial charge in [0.2, 0.25) is 0 Å². The number of thiophene rings is 1. The summed E-state index contributed by atoms with van der Waals surface area (Å²) in [6, 6.07) is 14.3. The quantitative estimate of drug-likeness (QED) is 0.728. The molecule has 0 aliphatic heterocycles. The van der Waals surface area contributed by atoms with Gasteiger partial charge in [-0.15, -0.1) is 22.7 Å². The Morgan fingerprint density at radius 2 is 1.96 bits per heavy atom. The lowest BCUT2D eigenvalue weighted by Crippen LogP contribution is -2.34. The monoisotopic (exact) mass is 357 g/mol. The van der Waals surface area contributed by atoms with Crippen LogP contribution in [-0.4, -0.2) is 36.4 Å². The number of likely N-dealkylation sites (N-methyl/N-ethyl adjacent to an activating group) is 1. The van der Waals surface area contributed by atoms with E-state index in [0.29, 0.717) is 12.2 Å². The van der Waals surface area contributed by atoms with Gasteiger partial charge in [-0.1, -0.05) is 36.4 Å². The van der Waals surface area contributed by atoms with Crippen molar-refractivity contribution in [1.82, 2.24) is 15.2 Å². The number of carbonyl (C=O) groups excluding carboxylic acids is 1. The summed E-state index contributed by atoms with van der Waals surface area (Å²) in [4.78, 5) is 20.1. The third kappa shape index (κ3) is 3.90. The first kappa shape index (κ1) is 16.8. The van der Waals surface area contributed by atoms with Crippen molar-refractivity contribution in [3.63, 3.8) is 0 Å². The van der Waals surface area contributed by atoms with Crippen LogP contribution in [0.15, 0.2) is 53.2 Å². The summed E-state index contributed by atoms with van der Waals surface area (Å²) in [5.74, 6) is -0.128. The van der Waals surface area contributed by atoms with Gasteiger partial charge in [0.25, 0.3) is 5.91 Å². The highest BCUT2D eigenvalue weighted by atomic mass is 32.1. The lowest BCUT2D eigenvalue weighted by atomic mass is 10.1. The minimum Gasteiger partial charge on any atom is -0.349 e. The highest BCUT2D eigenvalue weighted by Gasteiger charge is 2.17. The number of aromatic nitrogens is 1. The van der Waals surface area contributed by atoms with Gasteiger partial charge >= 0.3 is 0 Å². The maximum atomic E-state index is 12.4. The Bertz CT molecular complexity index is 782. The van der Waals surface area contributed by atoms with E-state index >= 15 is 0 Å². The summed E-state index contributed by atoms with van der Waals surface area (Å²) in [5.41, 5.74) is 1.66. The molecular formula is C18H19N3OS2. The van der Waals surface area contributed by atoms with Gasteiger partial charge < -0.3 is 10.2 Å². The van der Waals surface area contributed by atoms with Crippen LogP contribution < -0.4 is 5.32 Å². The summed E-state index contributed by atoms with van der Waals surface area (Å²) in [7, 11) is 4.03. The molecule has 2 aromatic heterocycles. The fraction of sp³-hybridized carbons (Fsp3) is 0.222. The van der Waals surface area contributed by atoms with Crippen LogP contribution in [0.3, 0.4) is 0 Å². The zero-order chi connectivity index (χ0) is 16.9. The van der Waals surface area contributed by atoms with Gasteiger partial charge in [0, 0.05) is 11.9 Å². The predicted molar refractivity (Wildman–Crippen MR) is 101 cm³/mol. The zero-order valence-corrected chi connectivity index (χ0v) is 15.2. The van der Waals surface area contributed by atoms with Gasteiger partial charge in [-0.25, -0.2) is 4.98 Å². The molecule has 3 rings (SSSR count). The number of hydrogen-bond donors (Lipinski definition) is 1. The van der Waals surface area contributed by atoms with E-state index < -0.39 is 0 Å².